The number of ether oxygens (including phenoxy) is 2. The molecule has 1 atom stereocenters. The van der Waals surface area contributed by atoms with Crippen LogP contribution in [0.3, 0.4) is 0 Å². The molecule has 6 nitrogen and oxygen atoms in total. The minimum Gasteiger partial charge on any atom is -0.495 e. The van der Waals surface area contributed by atoms with Crippen LogP contribution in [0.15, 0.2) is 78.9 Å². The maximum Gasteiger partial charge on any atom is 0.338 e. The summed E-state index contributed by atoms with van der Waals surface area (Å²) in [7, 11) is 1.50. The van der Waals surface area contributed by atoms with Crippen LogP contribution in [0.4, 0.5) is 5.69 Å². The first kappa shape index (κ1) is 21.1. The van der Waals surface area contributed by atoms with Gasteiger partial charge in [0.2, 0.25) is 5.91 Å². The molecule has 3 aromatic rings. The van der Waals surface area contributed by atoms with E-state index in [2.05, 4.69) is 5.32 Å². The van der Waals surface area contributed by atoms with Crippen LogP contribution in [0.25, 0.3) is 0 Å². The Labute approximate surface area is 175 Å². The maximum atomic E-state index is 12.8. The molecule has 0 aromatic heterocycles. The molecule has 0 heterocycles. The van der Waals surface area contributed by atoms with Gasteiger partial charge in [-0.15, -0.1) is 0 Å². The number of esters is 1. The zero-order valence-electron chi connectivity index (χ0n) is 16.7. The molecule has 3 rings (SSSR count). The van der Waals surface area contributed by atoms with Crippen molar-refractivity contribution in [3.05, 3.63) is 95.6 Å². The highest BCUT2D eigenvalue weighted by atomic mass is 16.5. The van der Waals surface area contributed by atoms with E-state index in [-0.39, 0.29) is 19.1 Å². The van der Waals surface area contributed by atoms with E-state index in [1.54, 1.807) is 18.2 Å². The highest BCUT2D eigenvalue weighted by Gasteiger charge is 2.21. The van der Waals surface area contributed by atoms with E-state index in [4.69, 9.17) is 15.2 Å². The minimum atomic E-state index is -0.524. The van der Waals surface area contributed by atoms with E-state index in [9.17, 15) is 9.59 Å². The quantitative estimate of drug-likeness (QED) is 0.558. The summed E-state index contributed by atoms with van der Waals surface area (Å²) in [6.45, 7) is 0.313. The molecule has 1 unspecified atom stereocenters. The number of carbonyl (C=O) groups excluding carboxylic acids is 2. The van der Waals surface area contributed by atoms with Crippen molar-refractivity contribution in [1.82, 2.24) is 0 Å². The van der Waals surface area contributed by atoms with Gasteiger partial charge in [-0.2, -0.15) is 0 Å². The Morgan fingerprint density at radius 1 is 0.967 bits per heavy atom. The molecule has 0 radical (unpaired) electrons. The molecule has 0 aliphatic carbocycles. The van der Waals surface area contributed by atoms with Gasteiger partial charge in [0, 0.05) is 6.54 Å². The molecular weight excluding hydrogens is 380 g/mol. The molecule has 0 aliphatic heterocycles. The Morgan fingerprint density at radius 2 is 1.63 bits per heavy atom. The van der Waals surface area contributed by atoms with Gasteiger partial charge in [0.15, 0.2) is 0 Å². The number of benzene rings is 3. The van der Waals surface area contributed by atoms with Crippen molar-refractivity contribution in [2.24, 2.45) is 5.73 Å². The SMILES string of the molecule is COc1ccc(C(=O)OCc2ccccc2)cc1NC(=O)C(CN)c1ccccc1. The molecule has 0 aliphatic rings. The van der Waals surface area contributed by atoms with Gasteiger partial charge in [0.1, 0.15) is 12.4 Å². The fourth-order valence-corrected chi connectivity index (χ4v) is 3.04. The topological polar surface area (TPSA) is 90.6 Å². The first-order valence-electron chi connectivity index (χ1n) is 9.57. The van der Waals surface area contributed by atoms with Crippen LogP contribution in [0.5, 0.6) is 5.75 Å². The molecule has 3 N–H and O–H groups in total. The van der Waals surface area contributed by atoms with Crippen molar-refractivity contribution in [3.63, 3.8) is 0 Å². The van der Waals surface area contributed by atoms with Crippen LogP contribution in [0.1, 0.15) is 27.4 Å². The molecule has 3 aromatic carbocycles. The third kappa shape index (κ3) is 5.24. The Morgan fingerprint density at radius 3 is 2.27 bits per heavy atom. The number of amides is 1. The monoisotopic (exact) mass is 404 g/mol. The number of hydrogen-bond donors (Lipinski definition) is 2. The lowest BCUT2D eigenvalue weighted by Crippen LogP contribution is -2.27. The second kappa shape index (κ2) is 10.2. The predicted octanol–water partition coefficient (Wildman–Crippen LogP) is 3.73. The third-order valence-electron chi connectivity index (χ3n) is 4.66. The van der Waals surface area contributed by atoms with E-state index in [0.717, 1.165) is 11.1 Å². The average Bonchev–Trinajstić information content (AvgIpc) is 2.79. The van der Waals surface area contributed by atoms with Crippen molar-refractivity contribution in [1.29, 1.82) is 0 Å². The smallest absolute Gasteiger partial charge is 0.338 e. The van der Waals surface area contributed by atoms with Gasteiger partial charge in [-0.25, -0.2) is 4.79 Å². The number of methoxy groups -OCH3 is 1. The van der Waals surface area contributed by atoms with Crippen LogP contribution in [-0.4, -0.2) is 25.5 Å². The number of hydrogen-bond acceptors (Lipinski definition) is 5. The van der Waals surface area contributed by atoms with Gasteiger partial charge in [0.25, 0.3) is 0 Å². The second-order valence-electron chi connectivity index (χ2n) is 6.67. The van der Waals surface area contributed by atoms with Crippen LogP contribution >= 0.6 is 0 Å². The number of anilines is 1. The van der Waals surface area contributed by atoms with Gasteiger partial charge in [-0.3, -0.25) is 4.79 Å². The van der Waals surface area contributed by atoms with Crippen LogP contribution in [0, 0.1) is 0 Å². The first-order valence-corrected chi connectivity index (χ1v) is 9.57. The van der Waals surface area contributed by atoms with Crippen LogP contribution in [0.2, 0.25) is 0 Å². The fourth-order valence-electron chi connectivity index (χ4n) is 3.04. The Bertz CT molecular complexity index is 991. The summed E-state index contributed by atoms with van der Waals surface area (Å²) in [5.41, 5.74) is 8.23. The summed E-state index contributed by atoms with van der Waals surface area (Å²) in [6, 6.07) is 23.5. The van der Waals surface area contributed by atoms with Crippen LogP contribution < -0.4 is 15.8 Å². The zero-order valence-corrected chi connectivity index (χ0v) is 16.7. The molecule has 0 saturated heterocycles. The third-order valence-corrected chi connectivity index (χ3v) is 4.66. The minimum absolute atomic E-state index is 0.150. The molecular formula is C24H24N2O4. The summed E-state index contributed by atoms with van der Waals surface area (Å²) in [6.07, 6.45) is 0. The normalized spacial score (nSPS) is 11.4. The summed E-state index contributed by atoms with van der Waals surface area (Å²) in [4.78, 5) is 25.3. The fraction of sp³-hybridized carbons (Fsp3) is 0.167. The van der Waals surface area contributed by atoms with Crippen molar-refractivity contribution < 1.29 is 19.1 Å². The van der Waals surface area contributed by atoms with Crippen molar-refractivity contribution in [3.8, 4) is 5.75 Å². The molecule has 154 valence electrons. The lowest BCUT2D eigenvalue weighted by atomic mass is 9.98. The molecule has 0 bridgehead atoms. The average molecular weight is 404 g/mol. The van der Waals surface area contributed by atoms with Gasteiger partial charge in [-0.1, -0.05) is 60.7 Å². The van der Waals surface area contributed by atoms with E-state index >= 15 is 0 Å². The summed E-state index contributed by atoms with van der Waals surface area (Å²) >= 11 is 0. The lowest BCUT2D eigenvalue weighted by molar-refractivity contribution is -0.117. The molecule has 0 saturated carbocycles. The largest absolute Gasteiger partial charge is 0.495 e. The Balaban J connectivity index is 1.75. The van der Waals surface area contributed by atoms with E-state index in [0.29, 0.717) is 17.0 Å². The summed E-state index contributed by atoms with van der Waals surface area (Å²) < 4.78 is 10.7. The van der Waals surface area contributed by atoms with Crippen molar-refractivity contribution >= 4 is 17.6 Å². The summed E-state index contributed by atoms with van der Waals surface area (Å²) in [5.74, 6) is -0.858. The molecule has 0 fully saturated rings. The van der Waals surface area contributed by atoms with Crippen molar-refractivity contribution in [2.75, 3.05) is 19.0 Å². The zero-order chi connectivity index (χ0) is 21.3. The molecule has 30 heavy (non-hydrogen) atoms. The highest BCUT2D eigenvalue weighted by Crippen LogP contribution is 2.28. The molecule has 6 heteroatoms. The highest BCUT2D eigenvalue weighted by molar-refractivity contribution is 5.99. The second-order valence-corrected chi connectivity index (χ2v) is 6.67. The number of carbonyl (C=O) groups is 2. The summed E-state index contributed by atoms with van der Waals surface area (Å²) in [5, 5.41) is 2.83. The van der Waals surface area contributed by atoms with Crippen LogP contribution in [-0.2, 0) is 16.1 Å². The maximum absolute atomic E-state index is 12.8. The van der Waals surface area contributed by atoms with E-state index in [1.165, 1.54) is 7.11 Å². The van der Waals surface area contributed by atoms with Crippen molar-refractivity contribution in [2.45, 2.75) is 12.5 Å². The van der Waals surface area contributed by atoms with Gasteiger partial charge in [0.05, 0.1) is 24.3 Å². The van der Waals surface area contributed by atoms with E-state index in [1.807, 2.05) is 60.7 Å². The van der Waals surface area contributed by atoms with E-state index < -0.39 is 11.9 Å². The number of rotatable bonds is 8. The number of nitrogens with one attached hydrogen (secondary N) is 1. The van der Waals surface area contributed by atoms with Gasteiger partial charge in [-0.05, 0) is 29.3 Å². The first-order chi connectivity index (χ1) is 14.6. The molecule has 1 amide bonds. The lowest BCUT2D eigenvalue weighted by Gasteiger charge is -2.17. The molecule has 0 spiro atoms. The Hall–Kier alpha value is -3.64. The predicted molar refractivity (Wildman–Crippen MR) is 115 cm³/mol. The van der Waals surface area contributed by atoms with Gasteiger partial charge < -0.3 is 20.5 Å². The van der Waals surface area contributed by atoms with Gasteiger partial charge >= 0.3 is 5.97 Å². The standard InChI is InChI=1S/C24H24N2O4/c1-29-22-13-12-19(24(28)30-16-17-8-4-2-5-9-17)14-21(22)26-23(27)20(15-25)18-10-6-3-7-11-18/h2-14,20H,15-16,25H2,1H3,(H,26,27). The number of nitrogens with two attached hydrogens (primary N) is 1. The Kier molecular flexibility index (Phi) is 7.19.